The van der Waals surface area contributed by atoms with Crippen LogP contribution in [-0.2, 0) is 11.2 Å². The van der Waals surface area contributed by atoms with Crippen molar-refractivity contribution in [2.75, 3.05) is 13.7 Å². The van der Waals surface area contributed by atoms with Gasteiger partial charge in [-0.05, 0) is 54.3 Å². The van der Waals surface area contributed by atoms with E-state index in [1.165, 1.54) is 31.0 Å². The van der Waals surface area contributed by atoms with Gasteiger partial charge in [-0.25, -0.2) is 4.68 Å². The second-order valence-corrected chi connectivity index (χ2v) is 8.16. The van der Waals surface area contributed by atoms with Crippen LogP contribution in [0, 0.1) is 0 Å². The molecule has 146 valence electrons. The maximum atomic E-state index is 12.4. The van der Waals surface area contributed by atoms with Crippen LogP contribution in [-0.4, -0.2) is 45.0 Å². The van der Waals surface area contributed by atoms with E-state index < -0.39 is 0 Å². The number of nitrogens with zero attached hydrogens (tertiary/aromatic N) is 4. The molecule has 1 N–H and O–H groups in total. The van der Waals surface area contributed by atoms with Crippen molar-refractivity contribution < 1.29 is 9.53 Å². The Hall–Kier alpha value is -2.09. The quantitative estimate of drug-likeness (QED) is 0.699. The molecule has 1 aromatic carbocycles. The van der Waals surface area contributed by atoms with Gasteiger partial charge in [0.2, 0.25) is 11.1 Å². The molecule has 1 atom stereocenters. The number of hydrogen-bond acceptors (Lipinski definition) is 6. The van der Waals surface area contributed by atoms with Gasteiger partial charge < -0.3 is 10.1 Å². The monoisotopic (exact) mass is 389 g/mol. The maximum absolute atomic E-state index is 12.4. The number of thioether (sulfide) groups is 1. The van der Waals surface area contributed by atoms with Gasteiger partial charge in [-0.1, -0.05) is 43.2 Å². The van der Waals surface area contributed by atoms with Crippen LogP contribution >= 0.6 is 11.8 Å². The van der Waals surface area contributed by atoms with Crippen molar-refractivity contribution in [1.82, 2.24) is 25.5 Å². The van der Waals surface area contributed by atoms with Gasteiger partial charge in [0, 0.05) is 6.54 Å². The molecule has 0 saturated heterocycles. The number of nitrogens with one attached hydrogen (secondary N) is 1. The lowest BCUT2D eigenvalue weighted by Gasteiger charge is -2.22. The molecule has 8 heteroatoms. The summed E-state index contributed by atoms with van der Waals surface area (Å²) in [6.45, 7) is 2.50. The van der Waals surface area contributed by atoms with Crippen LogP contribution in [0.3, 0.4) is 0 Å². The van der Waals surface area contributed by atoms with Gasteiger partial charge in [-0.2, -0.15) is 0 Å². The average molecular weight is 390 g/mol. The largest absolute Gasteiger partial charge is 0.497 e. The zero-order valence-corrected chi connectivity index (χ0v) is 16.7. The summed E-state index contributed by atoms with van der Waals surface area (Å²) in [5, 5.41) is 15.6. The van der Waals surface area contributed by atoms with Crippen LogP contribution in [0.2, 0.25) is 0 Å². The lowest BCUT2D eigenvalue weighted by atomic mass is 9.96. The smallest absolute Gasteiger partial charge is 0.233 e. The third-order valence-corrected chi connectivity index (χ3v) is 5.95. The molecule has 0 radical (unpaired) electrons. The molecule has 1 fully saturated rings. The van der Waals surface area contributed by atoms with E-state index in [9.17, 15) is 4.79 Å². The molecule has 1 aliphatic carbocycles. The highest BCUT2D eigenvalue weighted by molar-refractivity contribution is 8.00. The summed E-state index contributed by atoms with van der Waals surface area (Å²) in [5.41, 5.74) is 1.16. The van der Waals surface area contributed by atoms with Gasteiger partial charge in [-0.3, -0.25) is 4.79 Å². The van der Waals surface area contributed by atoms with Gasteiger partial charge in [0.25, 0.3) is 0 Å². The predicted octanol–water partition coefficient (Wildman–Crippen LogP) is 3.03. The second kappa shape index (κ2) is 9.73. The van der Waals surface area contributed by atoms with Gasteiger partial charge in [-0.15, -0.1) is 5.10 Å². The lowest BCUT2D eigenvalue weighted by Crippen LogP contribution is -2.32. The molecule has 0 aliphatic heterocycles. The summed E-state index contributed by atoms with van der Waals surface area (Å²) in [5.74, 6) is 0.843. The van der Waals surface area contributed by atoms with Gasteiger partial charge in [0.15, 0.2) is 0 Å². The number of carbonyl (C=O) groups excluding carboxylic acids is 1. The average Bonchev–Trinajstić information content (AvgIpc) is 3.17. The molecule has 3 rings (SSSR count). The lowest BCUT2D eigenvalue weighted by molar-refractivity contribution is -0.120. The summed E-state index contributed by atoms with van der Waals surface area (Å²) in [6.07, 6.45) is 6.73. The Bertz CT molecular complexity index is 728. The maximum Gasteiger partial charge on any atom is 0.233 e. The Kier molecular flexibility index (Phi) is 7.09. The zero-order chi connectivity index (χ0) is 19.1. The molecule has 0 bridgehead atoms. The van der Waals surface area contributed by atoms with E-state index in [2.05, 4.69) is 20.8 Å². The minimum atomic E-state index is -0.241. The number of benzene rings is 1. The van der Waals surface area contributed by atoms with Crippen molar-refractivity contribution in [3.8, 4) is 5.75 Å². The first kappa shape index (κ1) is 19.7. The van der Waals surface area contributed by atoms with Crippen molar-refractivity contribution in [2.24, 2.45) is 0 Å². The van der Waals surface area contributed by atoms with E-state index in [-0.39, 0.29) is 11.2 Å². The number of tetrazole rings is 1. The normalized spacial score (nSPS) is 16.1. The van der Waals surface area contributed by atoms with E-state index in [0.29, 0.717) is 12.6 Å². The van der Waals surface area contributed by atoms with Crippen molar-refractivity contribution in [2.45, 2.75) is 61.9 Å². The Morgan fingerprint density at radius 2 is 2.04 bits per heavy atom. The first-order chi connectivity index (χ1) is 13.2. The molecular formula is C19H27N5O2S. The summed E-state index contributed by atoms with van der Waals surface area (Å²) in [6, 6.07) is 8.26. The number of aromatic nitrogens is 4. The minimum Gasteiger partial charge on any atom is -0.497 e. The molecule has 27 heavy (non-hydrogen) atoms. The highest BCUT2D eigenvalue weighted by Crippen LogP contribution is 2.31. The van der Waals surface area contributed by atoms with Crippen molar-refractivity contribution in [3.05, 3.63) is 29.8 Å². The van der Waals surface area contributed by atoms with E-state index in [4.69, 9.17) is 4.74 Å². The van der Waals surface area contributed by atoms with E-state index >= 15 is 0 Å². The Morgan fingerprint density at radius 1 is 1.30 bits per heavy atom. The molecule has 0 spiro atoms. The first-order valence-corrected chi connectivity index (χ1v) is 10.4. The van der Waals surface area contributed by atoms with Crippen LogP contribution in [0.25, 0.3) is 0 Å². The topological polar surface area (TPSA) is 81.9 Å². The van der Waals surface area contributed by atoms with Crippen molar-refractivity contribution in [3.63, 3.8) is 0 Å². The van der Waals surface area contributed by atoms with Gasteiger partial charge in [0.1, 0.15) is 5.75 Å². The molecule has 1 saturated carbocycles. The van der Waals surface area contributed by atoms with Crippen LogP contribution in [0.5, 0.6) is 5.75 Å². The van der Waals surface area contributed by atoms with Crippen LogP contribution in [0.15, 0.2) is 29.4 Å². The van der Waals surface area contributed by atoms with Crippen LogP contribution in [0.1, 0.15) is 50.6 Å². The van der Waals surface area contributed by atoms with E-state index in [0.717, 1.165) is 35.7 Å². The van der Waals surface area contributed by atoms with Crippen LogP contribution < -0.4 is 10.1 Å². The summed E-state index contributed by atoms with van der Waals surface area (Å²) >= 11 is 1.43. The number of methoxy groups -OCH3 is 1. The second-order valence-electron chi connectivity index (χ2n) is 6.85. The molecule has 2 aromatic rings. The summed E-state index contributed by atoms with van der Waals surface area (Å²) in [4.78, 5) is 12.4. The number of hydrogen-bond donors (Lipinski definition) is 1. The van der Waals surface area contributed by atoms with E-state index in [1.54, 1.807) is 7.11 Å². The standard InChI is InChI=1S/C19H27N5O2S/c1-14(18(25)20-13-12-15-8-10-17(26-2)11-9-15)27-19-21-22-23-24(19)16-6-4-3-5-7-16/h8-11,14,16H,3-7,12-13H2,1-2H3,(H,20,25). The van der Waals surface area contributed by atoms with Gasteiger partial charge in [0.05, 0.1) is 18.4 Å². The highest BCUT2D eigenvalue weighted by Gasteiger charge is 2.23. The molecule has 1 amide bonds. The van der Waals surface area contributed by atoms with Crippen molar-refractivity contribution in [1.29, 1.82) is 0 Å². The Balaban J connectivity index is 1.47. The number of carbonyl (C=O) groups is 1. The highest BCUT2D eigenvalue weighted by atomic mass is 32.2. The van der Waals surface area contributed by atoms with Crippen LogP contribution in [0.4, 0.5) is 0 Å². The molecule has 7 nitrogen and oxygen atoms in total. The third kappa shape index (κ3) is 5.45. The SMILES string of the molecule is COc1ccc(CCNC(=O)C(C)Sc2nnnn2C2CCCCC2)cc1. The Morgan fingerprint density at radius 3 is 2.74 bits per heavy atom. The first-order valence-electron chi connectivity index (χ1n) is 9.52. The van der Waals surface area contributed by atoms with Crippen molar-refractivity contribution >= 4 is 17.7 Å². The molecule has 1 unspecified atom stereocenters. The Labute approximate surface area is 164 Å². The molecule has 1 aromatic heterocycles. The fourth-order valence-corrected chi connectivity index (χ4v) is 4.18. The third-order valence-electron chi connectivity index (χ3n) is 4.91. The fraction of sp³-hybridized carbons (Fsp3) is 0.579. The van der Waals surface area contributed by atoms with Gasteiger partial charge >= 0.3 is 0 Å². The van der Waals surface area contributed by atoms with E-state index in [1.807, 2.05) is 35.9 Å². The summed E-state index contributed by atoms with van der Waals surface area (Å²) < 4.78 is 7.06. The fourth-order valence-electron chi connectivity index (χ4n) is 3.30. The molecule has 1 aliphatic rings. The molecule has 1 heterocycles. The number of rotatable bonds is 8. The summed E-state index contributed by atoms with van der Waals surface area (Å²) in [7, 11) is 1.65. The zero-order valence-electron chi connectivity index (χ0n) is 15.9. The molecular weight excluding hydrogens is 362 g/mol. The number of amides is 1. The number of ether oxygens (including phenoxy) is 1. The predicted molar refractivity (Wildman–Crippen MR) is 105 cm³/mol. The minimum absolute atomic E-state index is 0.00621.